The minimum atomic E-state index is -0.180. The first kappa shape index (κ1) is 22.3. The minimum absolute atomic E-state index is 0.0157. The van der Waals surface area contributed by atoms with E-state index in [1.54, 1.807) is 16.2 Å². The fourth-order valence-electron chi connectivity index (χ4n) is 4.02. The molecular weight excluding hydrogens is 396 g/mol. The van der Waals surface area contributed by atoms with Gasteiger partial charge in [0.15, 0.2) is 0 Å². The van der Waals surface area contributed by atoms with Gasteiger partial charge in [-0.1, -0.05) is 32.0 Å². The number of amides is 3. The number of para-hydroxylation sites is 1. The number of carbonyl (C=O) groups is 2. The van der Waals surface area contributed by atoms with Gasteiger partial charge in [-0.2, -0.15) is 11.3 Å². The van der Waals surface area contributed by atoms with Crippen molar-refractivity contribution in [3.63, 3.8) is 0 Å². The Balaban J connectivity index is 1.56. The van der Waals surface area contributed by atoms with Crippen LogP contribution in [0.4, 0.5) is 10.5 Å². The smallest absolute Gasteiger partial charge is 0.317 e. The third-order valence-corrected chi connectivity index (χ3v) is 6.45. The van der Waals surface area contributed by atoms with Crippen LogP contribution in [-0.4, -0.2) is 54.5 Å². The highest BCUT2D eigenvalue weighted by Crippen LogP contribution is 2.23. The number of piperidine rings is 1. The van der Waals surface area contributed by atoms with Crippen LogP contribution >= 0.6 is 11.3 Å². The zero-order valence-electron chi connectivity index (χ0n) is 17.8. The van der Waals surface area contributed by atoms with Gasteiger partial charge in [-0.3, -0.25) is 9.69 Å². The van der Waals surface area contributed by atoms with Crippen molar-refractivity contribution in [1.82, 2.24) is 15.1 Å². The average Bonchev–Trinajstić information content (AvgIpc) is 3.32. The van der Waals surface area contributed by atoms with E-state index in [1.807, 2.05) is 30.3 Å². The predicted octanol–water partition coefficient (Wildman–Crippen LogP) is 4.19. The monoisotopic (exact) mass is 428 g/mol. The average molecular weight is 429 g/mol. The number of hydrogen-bond donors (Lipinski definition) is 2. The first-order chi connectivity index (χ1) is 14.6. The molecule has 2 atom stereocenters. The first-order valence-electron chi connectivity index (χ1n) is 10.8. The molecule has 0 aliphatic carbocycles. The van der Waals surface area contributed by atoms with E-state index < -0.39 is 0 Å². The number of anilines is 1. The molecule has 1 fully saturated rings. The highest BCUT2D eigenvalue weighted by molar-refractivity contribution is 7.07. The summed E-state index contributed by atoms with van der Waals surface area (Å²) < 4.78 is 0. The Hall–Kier alpha value is -2.38. The number of urea groups is 1. The molecule has 0 saturated carbocycles. The zero-order valence-corrected chi connectivity index (χ0v) is 18.7. The lowest BCUT2D eigenvalue weighted by Crippen LogP contribution is -2.49. The van der Waals surface area contributed by atoms with Crippen molar-refractivity contribution in [2.75, 3.05) is 38.0 Å². The number of hydrogen-bond acceptors (Lipinski definition) is 4. The van der Waals surface area contributed by atoms with Crippen LogP contribution in [0, 0.1) is 5.92 Å². The van der Waals surface area contributed by atoms with Crippen LogP contribution < -0.4 is 10.6 Å². The fourth-order valence-corrected chi connectivity index (χ4v) is 4.73. The van der Waals surface area contributed by atoms with Gasteiger partial charge in [0.25, 0.3) is 0 Å². The van der Waals surface area contributed by atoms with Gasteiger partial charge in [-0.25, -0.2) is 4.79 Å². The maximum absolute atomic E-state index is 12.9. The molecule has 162 valence electrons. The molecule has 0 radical (unpaired) electrons. The predicted molar refractivity (Wildman–Crippen MR) is 123 cm³/mol. The van der Waals surface area contributed by atoms with E-state index in [0.29, 0.717) is 19.6 Å². The van der Waals surface area contributed by atoms with Gasteiger partial charge in [0, 0.05) is 25.3 Å². The van der Waals surface area contributed by atoms with Gasteiger partial charge < -0.3 is 15.5 Å². The summed E-state index contributed by atoms with van der Waals surface area (Å²) in [5, 5.41) is 10.3. The van der Waals surface area contributed by atoms with E-state index in [1.165, 1.54) is 5.56 Å². The van der Waals surface area contributed by atoms with Gasteiger partial charge in [-0.15, -0.1) is 0 Å². The van der Waals surface area contributed by atoms with Crippen molar-refractivity contribution >= 4 is 29.0 Å². The lowest BCUT2D eigenvalue weighted by molar-refractivity contribution is -0.121. The number of rotatable bonds is 8. The quantitative estimate of drug-likeness (QED) is 0.663. The maximum atomic E-state index is 12.9. The Morgan fingerprint density at radius 2 is 1.97 bits per heavy atom. The number of thiophene rings is 1. The molecule has 1 aromatic heterocycles. The van der Waals surface area contributed by atoms with Crippen LogP contribution in [0.1, 0.15) is 38.3 Å². The van der Waals surface area contributed by atoms with Crippen LogP contribution in [-0.2, 0) is 4.79 Å². The number of carbonyl (C=O) groups excluding carboxylic acids is 2. The third-order valence-electron chi connectivity index (χ3n) is 5.75. The van der Waals surface area contributed by atoms with Crippen molar-refractivity contribution < 1.29 is 9.59 Å². The summed E-state index contributed by atoms with van der Waals surface area (Å²) in [4.78, 5) is 29.7. The fraction of sp³-hybridized carbons (Fsp3) is 0.478. The molecule has 3 amide bonds. The van der Waals surface area contributed by atoms with E-state index in [2.05, 4.69) is 46.2 Å². The van der Waals surface area contributed by atoms with Crippen molar-refractivity contribution in [2.24, 2.45) is 5.92 Å². The van der Waals surface area contributed by atoms with E-state index in [-0.39, 0.29) is 23.9 Å². The standard InChI is InChI=1S/C23H32N4O2S/c1-3-26(4-2)21(19-12-14-30-17-19)15-24-23(29)27-13-8-9-18(16-27)22(28)25-20-10-6-5-7-11-20/h5-7,10-12,14,17-18,21H,3-4,8-9,13,15-16H2,1-2H3,(H,24,29)(H,25,28). The number of nitrogens with zero attached hydrogens (tertiary/aromatic N) is 2. The molecule has 6 nitrogen and oxygen atoms in total. The van der Waals surface area contributed by atoms with Crippen LogP contribution in [0.2, 0.25) is 0 Å². The SMILES string of the molecule is CCN(CC)C(CNC(=O)N1CCCC(C(=O)Nc2ccccc2)C1)c1ccsc1. The molecule has 1 aliphatic heterocycles. The van der Waals surface area contributed by atoms with Crippen molar-refractivity contribution in [1.29, 1.82) is 0 Å². The number of likely N-dealkylation sites (tertiary alicyclic amines) is 1. The molecule has 30 heavy (non-hydrogen) atoms. The summed E-state index contributed by atoms with van der Waals surface area (Å²) in [7, 11) is 0. The Morgan fingerprint density at radius 3 is 2.63 bits per heavy atom. The van der Waals surface area contributed by atoms with Crippen LogP contribution in [0.3, 0.4) is 0 Å². The summed E-state index contributed by atoms with van der Waals surface area (Å²) in [5.74, 6) is -0.196. The summed E-state index contributed by atoms with van der Waals surface area (Å²) in [6.07, 6.45) is 1.64. The third kappa shape index (κ3) is 5.83. The molecule has 1 aliphatic rings. The number of benzene rings is 1. The first-order valence-corrected chi connectivity index (χ1v) is 11.7. The second-order valence-electron chi connectivity index (χ2n) is 7.62. The molecular formula is C23H32N4O2S. The van der Waals surface area contributed by atoms with E-state index >= 15 is 0 Å². The summed E-state index contributed by atoms with van der Waals surface area (Å²) >= 11 is 1.68. The van der Waals surface area contributed by atoms with Crippen molar-refractivity contribution in [3.05, 3.63) is 52.7 Å². The molecule has 2 aromatic rings. The molecule has 3 rings (SSSR count). The van der Waals surface area contributed by atoms with Crippen LogP contribution in [0.15, 0.2) is 47.2 Å². The molecule has 2 unspecified atom stereocenters. The van der Waals surface area contributed by atoms with Crippen LogP contribution in [0.25, 0.3) is 0 Å². The van der Waals surface area contributed by atoms with Gasteiger partial charge >= 0.3 is 6.03 Å². The zero-order chi connectivity index (χ0) is 21.3. The molecule has 1 saturated heterocycles. The summed E-state index contributed by atoms with van der Waals surface area (Å²) in [6.45, 7) is 7.86. The summed E-state index contributed by atoms with van der Waals surface area (Å²) in [6, 6.07) is 11.7. The van der Waals surface area contributed by atoms with Gasteiger partial charge in [0.05, 0.1) is 12.0 Å². The molecule has 0 bridgehead atoms. The normalized spacial score (nSPS) is 17.6. The Labute approximate surface area is 183 Å². The maximum Gasteiger partial charge on any atom is 0.317 e. The largest absolute Gasteiger partial charge is 0.336 e. The lowest BCUT2D eigenvalue weighted by atomic mass is 9.97. The number of likely N-dealkylation sites (N-methyl/N-ethyl adjacent to an activating group) is 1. The Morgan fingerprint density at radius 1 is 1.20 bits per heavy atom. The van der Waals surface area contributed by atoms with Gasteiger partial charge in [0.2, 0.25) is 5.91 Å². The summed E-state index contributed by atoms with van der Waals surface area (Å²) in [5.41, 5.74) is 2.03. The van der Waals surface area contributed by atoms with E-state index in [9.17, 15) is 9.59 Å². The van der Waals surface area contributed by atoms with Gasteiger partial charge in [0.1, 0.15) is 0 Å². The highest BCUT2D eigenvalue weighted by Gasteiger charge is 2.29. The van der Waals surface area contributed by atoms with Gasteiger partial charge in [-0.05, 0) is 60.5 Å². The second kappa shape index (κ2) is 11.1. The number of nitrogens with one attached hydrogen (secondary N) is 2. The van der Waals surface area contributed by atoms with Crippen molar-refractivity contribution in [3.8, 4) is 0 Å². The molecule has 2 N–H and O–H groups in total. The van der Waals surface area contributed by atoms with E-state index in [0.717, 1.165) is 31.6 Å². The minimum Gasteiger partial charge on any atom is -0.336 e. The van der Waals surface area contributed by atoms with Crippen molar-refractivity contribution in [2.45, 2.75) is 32.7 Å². The Bertz CT molecular complexity index is 793. The topological polar surface area (TPSA) is 64.7 Å². The molecule has 0 spiro atoms. The van der Waals surface area contributed by atoms with Crippen LogP contribution in [0.5, 0.6) is 0 Å². The molecule has 1 aromatic carbocycles. The highest BCUT2D eigenvalue weighted by atomic mass is 32.1. The Kier molecular flexibility index (Phi) is 8.28. The lowest BCUT2D eigenvalue weighted by Gasteiger charge is -2.34. The molecule has 7 heteroatoms. The van der Waals surface area contributed by atoms with E-state index in [4.69, 9.17) is 0 Å². The second-order valence-corrected chi connectivity index (χ2v) is 8.40. The molecule has 2 heterocycles.